The monoisotopic (exact) mass is 437 g/mol. The molecule has 1 saturated carbocycles. The molecule has 1 aliphatic carbocycles. The highest BCUT2D eigenvalue weighted by atomic mass is 35.5. The van der Waals surface area contributed by atoms with Crippen LogP contribution in [0.15, 0.2) is 59.7 Å². The second-order valence-corrected chi connectivity index (χ2v) is 8.46. The zero-order chi connectivity index (χ0) is 22.0. The molecule has 1 amide bonds. The van der Waals surface area contributed by atoms with E-state index in [4.69, 9.17) is 23.1 Å². The molecule has 0 radical (unpaired) electrons. The third-order valence-electron chi connectivity index (χ3n) is 6.24. The third kappa shape index (κ3) is 4.11. The molecule has 31 heavy (non-hydrogen) atoms. The van der Waals surface area contributed by atoms with Gasteiger partial charge < -0.3 is 11.5 Å². The Bertz CT molecular complexity index is 1150. The van der Waals surface area contributed by atoms with E-state index in [0.29, 0.717) is 35.7 Å². The Labute approximate surface area is 185 Å². The highest BCUT2D eigenvalue weighted by Crippen LogP contribution is 2.42. The first-order chi connectivity index (χ1) is 14.9. The predicted octanol–water partition coefficient (Wildman–Crippen LogP) is 3.07. The number of amides is 1. The van der Waals surface area contributed by atoms with E-state index in [1.807, 2.05) is 24.3 Å². The lowest BCUT2D eigenvalue weighted by Crippen LogP contribution is -2.42. The molecular weight excluding hydrogens is 414 g/mol. The van der Waals surface area contributed by atoms with Crippen molar-refractivity contribution in [1.29, 1.82) is 0 Å². The zero-order valence-electron chi connectivity index (χ0n) is 17.0. The number of pyridine rings is 1. The van der Waals surface area contributed by atoms with E-state index in [0.717, 1.165) is 18.4 Å². The highest BCUT2D eigenvalue weighted by Gasteiger charge is 2.37. The van der Waals surface area contributed by atoms with Crippen LogP contribution in [0.4, 0.5) is 0 Å². The first-order valence-electron chi connectivity index (χ1n) is 10.2. The van der Waals surface area contributed by atoms with Crippen molar-refractivity contribution in [3.05, 3.63) is 81.4 Å². The van der Waals surface area contributed by atoms with E-state index in [2.05, 4.69) is 16.1 Å². The molecule has 1 aromatic carbocycles. The Morgan fingerprint density at radius 3 is 2.58 bits per heavy atom. The van der Waals surface area contributed by atoms with Gasteiger partial charge >= 0.3 is 0 Å². The van der Waals surface area contributed by atoms with Crippen LogP contribution in [0.5, 0.6) is 0 Å². The number of aromatic nitrogens is 3. The normalized spacial score (nSPS) is 21.0. The maximum atomic E-state index is 13.0. The molecular formula is C23H24ClN5O2. The van der Waals surface area contributed by atoms with Crippen LogP contribution in [0.25, 0.3) is 11.3 Å². The van der Waals surface area contributed by atoms with Gasteiger partial charge in [0, 0.05) is 34.9 Å². The Morgan fingerprint density at radius 2 is 1.97 bits per heavy atom. The number of carbonyl (C=O) groups excluding carboxylic acids is 1. The Balaban J connectivity index is 1.69. The van der Waals surface area contributed by atoms with Gasteiger partial charge in [0.15, 0.2) is 0 Å². The molecule has 3 aromatic rings. The Morgan fingerprint density at radius 1 is 1.19 bits per heavy atom. The summed E-state index contributed by atoms with van der Waals surface area (Å²) in [6.07, 6.45) is 6.26. The van der Waals surface area contributed by atoms with Gasteiger partial charge in [0.25, 0.3) is 11.5 Å². The van der Waals surface area contributed by atoms with Gasteiger partial charge in [-0.25, -0.2) is 4.68 Å². The van der Waals surface area contributed by atoms with Crippen LogP contribution in [0.1, 0.15) is 47.6 Å². The molecule has 0 saturated heterocycles. The van der Waals surface area contributed by atoms with Crippen molar-refractivity contribution in [1.82, 2.24) is 14.8 Å². The smallest absolute Gasteiger partial charge is 0.279 e. The molecule has 1 fully saturated rings. The minimum Gasteiger partial charge on any atom is -0.365 e. The molecule has 0 aliphatic heterocycles. The maximum absolute atomic E-state index is 13.0. The summed E-state index contributed by atoms with van der Waals surface area (Å²) in [4.78, 5) is 29.0. The summed E-state index contributed by atoms with van der Waals surface area (Å²) in [5, 5.41) is 5.25. The van der Waals surface area contributed by atoms with Crippen LogP contribution in [0, 0.1) is 0 Å². The van der Waals surface area contributed by atoms with E-state index in [9.17, 15) is 9.59 Å². The molecule has 0 bridgehead atoms. The summed E-state index contributed by atoms with van der Waals surface area (Å²) in [7, 11) is 0. The second kappa shape index (κ2) is 8.61. The summed E-state index contributed by atoms with van der Waals surface area (Å²) in [5.41, 5.74) is 13.3. The fraction of sp³-hybridized carbons (Fsp3) is 0.304. The standard InChI is InChI=1S/C23H24ClN5O2/c24-17-5-1-4-16(11-17)23(14-25)8-6-18(7-9-23)29-22(31)19(21(26)30)12-20(28-29)15-3-2-10-27-13-15/h1-5,10-13,18H,6-9,14,25H2,(H2,26,30). The molecule has 7 nitrogen and oxygen atoms in total. The summed E-state index contributed by atoms with van der Waals surface area (Å²) >= 11 is 6.21. The van der Waals surface area contributed by atoms with E-state index >= 15 is 0 Å². The van der Waals surface area contributed by atoms with E-state index in [1.165, 1.54) is 10.7 Å². The molecule has 0 unspecified atom stereocenters. The lowest BCUT2D eigenvalue weighted by molar-refractivity contribution is 0.0997. The topological polar surface area (TPSA) is 117 Å². The van der Waals surface area contributed by atoms with Gasteiger partial charge in [0.05, 0.1) is 11.7 Å². The van der Waals surface area contributed by atoms with Crippen molar-refractivity contribution in [3.8, 4) is 11.3 Å². The fourth-order valence-corrected chi connectivity index (χ4v) is 4.61. The van der Waals surface area contributed by atoms with Crippen molar-refractivity contribution in [2.75, 3.05) is 6.54 Å². The number of benzene rings is 1. The number of primary amides is 1. The predicted molar refractivity (Wildman–Crippen MR) is 120 cm³/mol. The average molecular weight is 438 g/mol. The number of rotatable bonds is 5. The highest BCUT2D eigenvalue weighted by molar-refractivity contribution is 6.30. The number of halogens is 1. The van der Waals surface area contributed by atoms with Crippen molar-refractivity contribution in [3.63, 3.8) is 0 Å². The van der Waals surface area contributed by atoms with Crippen molar-refractivity contribution < 1.29 is 4.79 Å². The molecule has 2 heterocycles. The lowest BCUT2D eigenvalue weighted by atomic mass is 9.68. The van der Waals surface area contributed by atoms with Gasteiger partial charge in [-0.15, -0.1) is 0 Å². The van der Waals surface area contributed by atoms with Gasteiger partial charge in [0.2, 0.25) is 0 Å². The number of carbonyl (C=O) groups is 1. The van der Waals surface area contributed by atoms with E-state index < -0.39 is 11.5 Å². The quantitative estimate of drug-likeness (QED) is 0.636. The van der Waals surface area contributed by atoms with Gasteiger partial charge in [-0.2, -0.15) is 5.10 Å². The van der Waals surface area contributed by atoms with E-state index in [1.54, 1.807) is 18.5 Å². The maximum Gasteiger partial charge on any atom is 0.279 e. The molecule has 2 aromatic heterocycles. The van der Waals surface area contributed by atoms with Crippen LogP contribution in [0.2, 0.25) is 5.02 Å². The van der Waals surface area contributed by atoms with Gasteiger partial charge in [-0.05, 0) is 61.6 Å². The lowest BCUT2D eigenvalue weighted by Gasteiger charge is -2.40. The van der Waals surface area contributed by atoms with Crippen LogP contribution in [0.3, 0.4) is 0 Å². The molecule has 4 rings (SSSR count). The second-order valence-electron chi connectivity index (χ2n) is 8.02. The Hall–Kier alpha value is -3.03. The van der Waals surface area contributed by atoms with Crippen molar-refractivity contribution in [2.45, 2.75) is 37.1 Å². The Kier molecular flexibility index (Phi) is 5.89. The van der Waals surface area contributed by atoms with Crippen LogP contribution in [-0.4, -0.2) is 27.2 Å². The fourth-order valence-electron chi connectivity index (χ4n) is 4.42. The van der Waals surface area contributed by atoms with Gasteiger partial charge in [-0.3, -0.25) is 14.6 Å². The molecule has 0 atom stereocenters. The number of hydrogen-bond acceptors (Lipinski definition) is 5. The first-order valence-corrected chi connectivity index (χ1v) is 10.6. The SMILES string of the molecule is NCC1(c2cccc(Cl)c2)CCC(n2nc(-c3cccnc3)cc(C(N)=O)c2=O)CC1. The molecule has 160 valence electrons. The number of nitrogens with zero attached hydrogens (tertiary/aromatic N) is 3. The third-order valence-corrected chi connectivity index (χ3v) is 6.48. The molecule has 0 spiro atoms. The largest absolute Gasteiger partial charge is 0.365 e. The van der Waals surface area contributed by atoms with Crippen LogP contribution >= 0.6 is 11.6 Å². The summed E-state index contributed by atoms with van der Waals surface area (Å²) < 4.78 is 1.42. The van der Waals surface area contributed by atoms with Crippen LogP contribution in [-0.2, 0) is 5.41 Å². The summed E-state index contributed by atoms with van der Waals surface area (Å²) in [5.74, 6) is -0.766. The van der Waals surface area contributed by atoms with Gasteiger partial charge in [0.1, 0.15) is 5.56 Å². The van der Waals surface area contributed by atoms with E-state index in [-0.39, 0.29) is 17.0 Å². The minimum atomic E-state index is -0.766. The zero-order valence-corrected chi connectivity index (χ0v) is 17.8. The first kappa shape index (κ1) is 21.2. The molecule has 4 N–H and O–H groups in total. The van der Waals surface area contributed by atoms with Crippen molar-refractivity contribution in [2.24, 2.45) is 11.5 Å². The number of hydrogen-bond donors (Lipinski definition) is 2. The number of nitrogens with two attached hydrogens (primary N) is 2. The minimum absolute atomic E-state index is 0.0700. The summed E-state index contributed by atoms with van der Waals surface area (Å²) in [6, 6.07) is 12.7. The average Bonchev–Trinajstić information content (AvgIpc) is 2.80. The van der Waals surface area contributed by atoms with Crippen LogP contribution < -0.4 is 17.0 Å². The molecule has 8 heteroatoms. The summed E-state index contributed by atoms with van der Waals surface area (Å²) in [6.45, 7) is 0.491. The van der Waals surface area contributed by atoms with Crippen molar-refractivity contribution >= 4 is 17.5 Å². The molecule has 1 aliphatic rings. The van der Waals surface area contributed by atoms with Gasteiger partial charge in [-0.1, -0.05) is 23.7 Å².